The zero-order valence-corrected chi connectivity index (χ0v) is 29.3. The summed E-state index contributed by atoms with van der Waals surface area (Å²) in [4.78, 5) is 24.2. The van der Waals surface area contributed by atoms with Crippen molar-refractivity contribution in [2.45, 2.75) is 148 Å². The summed E-state index contributed by atoms with van der Waals surface area (Å²) < 4.78 is 10.5. The van der Waals surface area contributed by atoms with Gasteiger partial charge < -0.3 is 14.6 Å². The van der Waals surface area contributed by atoms with E-state index in [-0.39, 0.29) is 25.2 Å². The maximum atomic E-state index is 12.1. The predicted octanol–water partition coefficient (Wildman–Crippen LogP) is 11.2. The van der Waals surface area contributed by atoms with E-state index in [9.17, 15) is 14.7 Å². The van der Waals surface area contributed by atoms with Gasteiger partial charge in [-0.2, -0.15) is 0 Å². The quantitative estimate of drug-likeness (QED) is 0.0465. The molecule has 0 aliphatic rings. The third kappa shape index (κ3) is 34.0. The Balaban J connectivity index is 3.69. The first kappa shape index (κ1) is 43.1. The molecule has 0 heterocycles. The summed E-state index contributed by atoms with van der Waals surface area (Å²) in [6.07, 6.45) is 49.2. The van der Waals surface area contributed by atoms with Crippen LogP contribution in [0.25, 0.3) is 0 Å². The number of aliphatic hydroxyl groups excluding tert-OH is 1. The van der Waals surface area contributed by atoms with Crippen molar-refractivity contribution in [3.63, 3.8) is 0 Å². The molecule has 5 heteroatoms. The van der Waals surface area contributed by atoms with Gasteiger partial charge in [0.15, 0.2) is 6.10 Å². The average molecular weight is 639 g/mol. The molecule has 1 atom stereocenters. The van der Waals surface area contributed by atoms with E-state index >= 15 is 0 Å². The highest BCUT2D eigenvalue weighted by Crippen LogP contribution is 2.11. The molecule has 46 heavy (non-hydrogen) atoms. The number of unbranched alkanes of at least 4 members (excludes halogenated alkanes) is 9. The van der Waals surface area contributed by atoms with Gasteiger partial charge in [0.25, 0.3) is 0 Å². The first-order valence-electron chi connectivity index (χ1n) is 18.1. The Bertz CT molecular complexity index is 906. The van der Waals surface area contributed by atoms with E-state index in [1.807, 2.05) is 0 Å². The van der Waals surface area contributed by atoms with Gasteiger partial charge in [0.1, 0.15) is 6.61 Å². The van der Waals surface area contributed by atoms with E-state index in [2.05, 4.69) is 98.9 Å². The van der Waals surface area contributed by atoms with Gasteiger partial charge in [0.05, 0.1) is 6.61 Å². The third-order valence-corrected chi connectivity index (χ3v) is 7.18. The molecule has 0 aromatic carbocycles. The molecule has 0 fully saturated rings. The fourth-order valence-electron chi connectivity index (χ4n) is 4.50. The van der Waals surface area contributed by atoms with Crippen molar-refractivity contribution in [3.8, 4) is 0 Å². The molecule has 1 N–H and O–H groups in total. The van der Waals surface area contributed by atoms with Crippen LogP contribution in [-0.4, -0.2) is 36.4 Å². The fourth-order valence-corrected chi connectivity index (χ4v) is 4.50. The van der Waals surface area contributed by atoms with Crippen LogP contribution in [-0.2, 0) is 19.1 Å². The van der Waals surface area contributed by atoms with Gasteiger partial charge in [-0.25, -0.2) is 0 Å². The lowest BCUT2D eigenvalue weighted by Crippen LogP contribution is -2.28. The van der Waals surface area contributed by atoms with Gasteiger partial charge in [-0.05, 0) is 83.5 Å². The number of aliphatic hydroxyl groups is 1. The number of hydrogen-bond donors (Lipinski definition) is 1. The summed E-state index contributed by atoms with van der Waals surface area (Å²) in [5.74, 6) is -0.661. The molecule has 0 aliphatic carbocycles. The van der Waals surface area contributed by atoms with Gasteiger partial charge in [-0.15, -0.1) is 0 Å². The maximum Gasteiger partial charge on any atom is 0.306 e. The highest BCUT2D eigenvalue weighted by atomic mass is 16.6. The monoisotopic (exact) mass is 638 g/mol. The molecule has 0 saturated carbocycles. The summed E-state index contributed by atoms with van der Waals surface area (Å²) >= 11 is 0. The SMILES string of the molecule is CC/C=C\C/C=C\C/C=C\C/C=C\CCCCC(=O)OC(CO)COC(=O)CCCCCCCCC/C=C\C/C=C\C/C=C\CC. The zero-order chi connectivity index (χ0) is 33.6. The van der Waals surface area contributed by atoms with E-state index < -0.39 is 6.10 Å². The first-order valence-corrected chi connectivity index (χ1v) is 18.1. The molecule has 0 aromatic heterocycles. The number of hydrogen-bond acceptors (Lipinski definition) is 5. The predicted molar refractivity (Wildman–Crippen MR) is 196 cm³/mol. The molecule has 0 aliphatic heterocycles. The maximum absolute atomic E-state index is 12.1. The standard InChI is InChI=1S/C41H66O5/c1-3-5-7-9-11-13-15-17-19-20-22-23-25-27-29-31-33-35-40(43)45-38-39(37-42)46-41(44)36-34-32-30-28-26-24-21-18-16-14-12-10-8-6-4-2/h5-8,11-14,17-19,21,26,28,39,42H,3-4,9-10,15-16,20,22-25,27,29-38H2,1-2H3/b7-5-,8-6-,13-11-,14-12-,19-17-,21-18-,28-26-. The van der Waals surface area contributed by atoms with Gasteiger partial charge in [0.2, 0.25) is 0 Å². The van der Waals surface area contributed by atoms with Gasteiger partial charge in [-0.3, -0.25) is 9.59 Å². The molecule has 0 amide bonds. The Kier molecular flexibility index (Phi) is 34.2. The molecular weight excluding hydrogens is 572 g/mol. The molecule has 0 spiro atoms. The van der Waals surface area contributed by atoms with E-state index in [0.717, 1.165) is 89.9 Å². The van der Waals surface area contributed by atoms with Crippen LogP contribution in [0.4, 0.5) is 0 Å². The van der Waals surface area contributed by atoms with Crippen molar-refractivity contribution >= 4 is 11.9 Å². The first-order chi connectivity index (χ1) is 22.6. The highest BCUT2D eigenvalue weighted by Gasteiger charge is 2.16. The summed E-state index contributed by atoms with van der Waals surface area (Å²) in [5.41, 5.74) is 0. The second kappa shape index (κ2) is 36.5. The van der Waals surface area contributed by atoms with Crippen LogP contribution in [0.15, 0.2) is 85.1 Å². The minimum atomic E-state index is -0.801. The molecule has 260 valence electrons. The van der Waals surface area contributed by atoms with Gasteiger partial charge in [-0.1, -0.05) is 131 Å². The van der Waals surface area contributed by atoms with Crippen molar-refractivity contribution < 1.29 is 24.2 Å². The van der Waals surface area contributed by atoms with Crippen molar-refractivity contribution in [1.82, 2.24) is 0 Å². The van der Waals surface area contributed by atoms with E-state index in [4.69, 9.17) is 9.47 Å². The minimum absolute atomic E-state index is 0.0932. The summed E-state index contributed by atoms with van der Waals surface area (Å²) in [5, 5.41) is 9.53. The lowest BCUT2D eigenvalue weighted by Gasteiger charge is -2.15. The lowest BCUT2D eigenvalue weighted by atomic mass is 10.1. The van der Waals surface area contributed by atoms with Crippen molar-refractivity contribution in [2.24, 2.45) is 0 Å². The van der Waals surface area contributed by atoms with Crippen molar-refractivity contribution in [3.05, 3.63) is 85.1 Å². The Labute approximate surface area is 282 Å². The average Bonchev–Trinajstić information content (AvgIpc) is 3.06. The van der Waals surface area contributed by atoms with Crippen LogP contribution in [0.5, 0.6) is 0 Å². The Morgan fingerprint density at radius 3 is 1.35 bits per heavy atom. The number of ether oxygens (including phenoxy) is 2. The molecule has 1 unspecified atom stereocenters. The van der Waals surface area contributed by atoms with Crippen LogP contribution in [0, 0.1) is 0 Å². The number of rotatable bonds is 31. The second-order valence-electron chi connectivity index (χ2n) is 11.5. The van der Waals surface area contributed by atoms with Gasteiger partial charge >= 0.3 is 11.9 Å². The molecule has 0 aromatic rings. The van der Waals surface area contributed by atoms with Crippen LogP contribution >= 0.6 is 0 Å². The Hall–Kier alpha value is -2.92. The van der Waals surface area contributed by atoms with E-state index in [1.165, 1.54) is 25.7 Å². The fraction of sp³-hybridized carbons (Fsp3) is 0.610. The summed E-state index contributed by atoms with van der Waals surface area (Å²) in [6, 6.07) is 0. The summed E-state index contributed by atoms with van der Waals surface area (Å²) in [6.45, 7) is 3.84. The van der Waals surface area contributed by atoms with E-state index in [1.54, 1.807) is 0 Å². The van der Waals surface area contributed by atoms with E-state index in [0.29, 0.717) is 12.8 Å². The number of esters is 2. The topological polar surface area (TPSA) is 72.8 Å². The molecule has 5 nitrogen and oxygen atoms in total. The van der Waals surface area contributed by atoms with Crippen molar-refractivity contribution in [2.75, 3.05) is 13.2 Å². The number of carbonyl (C=O) groups is 2. The van der Waals surface area contributed by atoms with Gasteiger partial charge in [0, 0.05) is 12.8 Å². The third-order valence-electron chi connectivity index (χ3n) is 7.18. The second-order valence-corrected chi connectivity index (χ2v) is 11.5. The molecule has 0 radical (unpaired) electrons. The normalized spacial score (nSPS) is 13.2. The minimum Gasteiger partial charge on any atom is -0.462 e. The lowest BCUT2D eigenvalue weighted by molar-refractivity contribution is -0.161. The molecule has 0 bridgehead atoms. The molecular formula is C41H66O5. The zero-order valence-electron chi connectivity index (χ0n) is 29.3. The van der Waals surface area contributed by atoms with Crippen molar-refractivity contribution in [1.29, 1.82) is 0 Å². The summed E-state index contributed by atoms with van der Waals surface area (Å²) in [7, 11) is 0. The highest BCUT2D eigenvalue weighted by molar-refractivity contribution is 5.70. The van der Waals surface area contributed by atoms with Crippen LogP contribution in [0.2, 0.25) is 0 Å². The molecule has 0 rings (SSSR count). The molecule has 0 saturated heterocycles. The number of carbonyl (C=O) groups excluding carboxylic acids is 2. The number of allylic oxidation sites excluding steroid dienone is 14. The Morgan fingerprint density at radius 1 is 0.500 bits per heavy atom. The van der Waals surface area contributed by atoms with Crippen LogP contribution in [0.3, 0.4) is 0 Å². The van der Waals surface area contributed by atoms with Crippen LogP contribution < -0.4 is 0 Å². The van der Waals surface area contributed by atoms with Crippen LogP contribution in [0.1, 0.15) is 142 Å². The smallest absolute Gasteiger partial charge is 0.306 e. The largest absolute Gasteiger partial charge is 0.462 e. The Morgan fingerprint density at radius 2 is 0.870 bits per heavy atom.